The van der Waals surface area contributed by atoms with E-state index in [4.69, 9.17) is 4.74 Å². The Balaban J connectivity index is 1.43. The maximum Gasteiger partial charge on any atom is 0.233 e. The molecule has 0 bridgehead atoms. The summed E-state index contributed by atoms with van der Waals surface area (Å²) in [6, 6.07) is 7.54. The lowest BCUT2D eigenvalue weighted by atomic mass is 9.85. The number of aryl methyl sites for hydroxylation is 1. The molecule has 1 aliphatic carbocycles. The Kier molecular flexibility index (Phi) is 5.94. The molecule has 0 aromatic heterocycles. The number of rotatable bonds is 7. The molecule has 0 saturated carbocycles. The van der Waals surface area contributed by atoms with Crippen LogP contribution in [-0.4, -0.2) is 41.8 Å². The minimum atomic E-state index is -0.244. The number of allylic oxidation sites excluding steroid dienone is 2. The second kappa shape index (κ2) is 8.37. The molecule has 1 aromatic rings. The van der Waals surface area contributed by atoms with Gasteiger partial charge in [0.05, 0.1) is 17.9 Å². The third-order valence-corrected chi connectivity index (χ3v) is 5.15. The van der Waals surface area contributed by atoms with Crippen molar-refractivity contribution >= 4 is 17.7 Å². The van der Waals surface area contributed by atoms with E-state index in [1.807, 2.05) is 50.3 Å². The molecule has 0 unspecified atom stereocenters. The van der Waals surface area contributed by atoms with Gasteiger partial charge in [-0.1, -0.05) is 30.4 Å². The molecular weight excluding hydrogens is 344 g/mol. The summed E-state index contributed by atoms with van der Waals surface area (Å²) < 4.78 is 5.74. The Morgan fingerprint density at radius 3 is 2.44 bits per heavy atom. The molecule has 3 rings (SSSR count). The van der Waals surface area contributed by atoms with Gasteiger partial charge in [0.15, 0.2) is 0 Å². The Bertz CT molecular complexity index is 732. The second-order valence-electron chi connectivity index (χ2n) is 7.28. The lowest BCUT2D eigenvalue weighted by molar-refractivity contribution is -0.140. The third kappa shape index (κ3) is 4.38. The minimum Gasteiger partial charge on any atom is -0.491 e. The first-order valence-electron chi connectivity index (χ1n) is 9.45. The normalized spacial score (nSPS) is 22.5. The molecule has 6 heteroatoms. The predicted molar refractivity (Wildman–Crippen MR) is 101 cm³/mol. The van der Waals surface area contributed by atoms with E-state index in [2.05, 4.69) is 5.32 Å². The van der Waals surface area contributed by atoms with Gasteiger partial charge in [0.2, 0.25) is 17.7 Å². The average Bonchev–Trinajstić information content (AvgIpc) is 2.90. The first-order valence-corrected chi connectivity index (χ1v) is 9.45. The van der Waals surface area contributed by atoms with Crippen molar-refractivity contribution in [2.45, 2.75) is 39.2 Å². The van der Waals surface area contributed by atoms with Crippen LogP contribution in [0, 0.1) is 18.8 Å². The summed E-state index contributed by atoms with van der Waals surface area (Å²) in [5.74, 6) is -0.164. The van der Waals surface area contributed by atoms with Crippen molar-refractivity contribution in [1.82, 2.24) is 10.2 Å². The number of carbonyl (C=O) groups excluding carboxylic acids is 3. The molecule has 1 fully saturated rings. The highest BCUT2D eigenvalue weighted by Gasteiger charge is 2.46. The quantitative estimate of drug-likeness (QED) is 0.590. The number of likely N-dealkylation sites (tertiary alicyclic amines) is 1. The fourth-order valence-electron chi connectivity index (χ4n) is 3.62. The van der Waals surface area contributed by atoms with E-state index in [-0.39, 0.29) is 48.6 Å². The van der Waals surface area contributed by atoms with Crippen LogP contribution in [0.1, 0.15) is 31.7 Å². The molecule has 1 saturated heterocycles. The molecule has 0 spiro atoms. The van der Waals surface area contributed by atoms with Crippen LogP contribution in [0.4, 0.5) is 0 Å². The van der Waals surface area contributed by atoms with Gasteiger partial charge in [-0.15, -0.1) is 0 Å². The number of amides is 3. The van der Waals surface area contributed by atoms with Crippen molar-refractivity contribution in [2.75, 3.05) is 13.2 Å². The van der Waals surface area contributed by atoms with Crippen molar-refractivity contribution in [3.05, 3.63) is 42.0 Å². The largest absolute Gasteiger partial charge is 0.491 e. The lowest BCUT2D eigenvalue weighted by Crippen LogP contribution is -2.40. The summed E-state index contributed by atoms with van der Waals surface area (Å²) in [6.07, 6.45) is 5.26. The first-order chi connectivity index (χ1) is 13.0. The SMILES string of the molecule is Cc1ccccc1OC[C@H](C)NC(=O)CCN1C(=O)[C@H]2CC=CC[C@H]2C1=O. The van der Waals surface area contributed by atoms with Crippen LogP contribution in [-0.2, 0) is 14.4 Å². The van der Waals surface area contributed by atoms with Crippen molar-refractivity contribution < 1.29 is 19.1 Å². The Hall–Kier alpha value is -2.63. The summed E-state index contributed by atoms with van der Waals surface area (Å²) in [5, 5.41) is 2.86. The molecule has 1 aromatic carbocycles. The molecule has 1 heterocycles. The van der Waals surface area contributed by atoms with Gasteiger partial charge >= 0.3 is 0 Å². The van der Waals surface area contributed by atoms with Crippen molar-refractivity contribution in [3.8, 4) is 5.75 Å². The van der Waals surface area contributed by atoms with Gasteiger partial charge in [0, 0.05) is 13.0 Å². The maximum atomic E-state index is 12.4. The molecule has 27 heavy (non-hydrogen) atoms. The van der Waals surface area contributed by atoms with Crippen LogP contribution in [0.5, 0.6) is 5.75 Å². The molecule has 144 valence electrons. The van der Waals surface area contributed by atoms with Gasteiger partial charge in [0.1, 0.15) is 12.4 Å². The van der Waals surface area contributed by atoms with E-state index < -0.39 is 0 Å². The summed E-state index contributed by atoms with van der Waals surface area (Å²) >= 11 is 0. The van der Waals surface area contributed by atoms with Gasteiger partial charge in [-0.25, -0.2) is 0 Å². The van der Waals surface area contributed by atoms with Crippen LogP contribution in [0.2, 0.25) is 0 Å². The number of benzene rings is 1. The maximum absolute atomic E-state index is 12.4. The Morgan fingerprint density at radius 1 is 1.19 bits per heavy atom. The molecule has 1 N–H and O–H groups in total. The zero-order valence-electron chi connectivity index (χ0n) is 15.8. The van der Waals surface area contributed by atoms with E-state index in [0.29, 0.717) is 19.4 Å². The second-order valence-corrected chi connectivity index (χ2v) is 7.28. The van der Waals surface area contributed by atoms with Crippen molar-refractivity contribution in [2.24, 2.45) is 11.8 Å². The van der Waals surface area contributed by atoms with Crippen molar-refractivity contribution in [3.63, 3.8) is 0 Å². The van der Waals surface area contributed by atoms with Gasteiger partial charge < -0.3 is 10.1 Å². The van der Waals surface area contributed by atoms with Crippen LogP contribution >= 0.6 is 0 Å². The molecule has 0 radical (unpaired) electrons. The topological polar surface area (TPSA) is 75.7 Å². The first kappa shape index (κ1) is 19.1. The number of imide groups is 1. The van der Waals surface area contributed by atoms with Gasteiger partial charge in [0.25, 0.3) is 0 Å². The molecule has 2 aliphatic rings. The number of para-hydroxylation sites is 1. The molecule has 3 amide bonds. The Labute approximate surface area is 159 Å². The summed E-state index contributed by atoms with van der Waals surface area (Å²) in [4.78, 5) is 38.2. The van der Waals surface area contributed by atoms with E-state index in [0.717, 1.165) is 11.3 Å². The van der Waals surface area contributed by atoms with E-state index in [1.165, 1.54) is 4.90 Å². The lowest BCUT2D eigenvalue weighted by Gasteiger charge is -2.18. The fraction of sp³-hybridized carbons (Fsp3) is 0.476. The molecule has 3 atom stereocenters. The number of nitrogens with zero attached hydrogens (tertiary/aromatic N) is 1. The van der Waals surface area contributed by atoms with Crippen LogP contribution in [0.25, 0.3) is 0 Å². The predicted octanol–water partition coefficient (Wildman–Crippen LogP) is 2.22. The zero-order valence-corrected chi connectivity index (χ0v) is 15.8. The monoisotopic (exact) mass is 370 g/mol. The smallest absolute Gasteiger partial charge is 0.233 e. The van der Waals surface area contributed by atoms with Gasteiger partial charge in [-0.3, -0.25) is 19.3 Å². The number of hydrogen-bond donors (Lipinski definition) is 1. The average molecular weight is 370 g/mol. The number of hydrogen-bond acceptors (Lipinski definition) is 4. The highest BCUT2D eigenvalue weighted by atomic mass is 16.5. The Morgan fingerprint density at radius 2 is 1.81 bits per heavy atom. The minimum absolute atomic E-state index is 0.110. The molecule has 6 nitrogen and oxygen atoms in total. The summed E-state index contributed by atoms with van der Waals surface area (Å²) in [6.45, 7) is 4.33. The number of fused-ring (bicyclic) bond motifs is 1. The molecular formula is C21H26N2O4. The van der Waals surface area contributed by atoms with Crippen LogP contribution in [0.15, 0.2) is 36.4 Å². The zero-order chi connectivity index (χ0) is 19.4. The van der Waals surface area contributed by atoms with Crippen molar-refractivity contribution in [1.29, 1.82) is 0 Å². The highest BCUT2D eigenvalue weighted by molar-refractivity contribution is 6.05. The highest BCUT2D eigenvalue weighted by Crippen LogP contribution is 2.34. The van der Waals surface area contributed by atoms with E-state index >= 15 is 0 Å². The number of carbonyl (C=O) groups is 3. The van der Waals surface area contributed by atoms with E-state index in [9.17, 15) is 14.4 Å². The fourth-order valence-corrected chi connectivity index (χ4v) is 3.62. The number of ether oxygens (including phenoxy) is 1. The number of nitrogens with one attached hydrogen (secondary N) is 1. The van der Waals surface area contributed by atoms with Crippen LogP contribution < -0.4 is 10.1 Å². The standard InChI is InChI=1S/C21H26N2O4/c1-14-7-3-6-10-18(14)27-13-15(2)22-19(24)11-12-23-20(25)16-8-4-5-9-17(16)21(23)26/h3-7,10,15-17H,8-9,11-13H2,1-2H3,(H,22,24)/t15-,16-,17+/m0/s1. The molecule has 1 aliphatic heterocycles. The third-order valence-electron chi connectivity index (χ3n) is 5.15. The summed E-state index contributed by atoms with van der Waals surface area (Å²) in [7, 11) is 0. The summed E-state index contributed by atoms with van der Waals surface area (Å²) in [5.41, 5.74) is 1.04. The van der Waals surface area contributed by atoms with Gasteiger partial charge in [-0.05, 0) is 38.3 Å². The van der Waals surface area contributed by atoms with E-state index in [1.54, 1.807) is 0 Å². The van der Waals surface area contributed by atoms with Crippen LogP contribution in [0.3, 0.4) is 0 Å². The van der Waals surface area contributed by atoms with Gasteiger partial charge in [-0.2, -0.15) is 0 Å².